The standard InChI is InChI=1S/C23H31P.C12H17O2Si.BrH.Pd/c1-22(2,3)24(23(4,5)6)21-19(17-13-9-7-10-14-17)20(21)18-15-11-8-12-16-18;1-15(2,3)10-9-14-12(13)11-7-5-4-6-8-11;;/h7-16,19-21H,1-6H3;5-8H,9-10H2,1-3H3;1H;/q;-1;;+2/t19-,20-;;;/m1.../s1. The molecule has 3 aromatic carbocycles. The molecule has 3 aromatic rings. The predicted molar refractivity (Wildman–Crippen MR) is 183 cm³/mol. The van der Waals surface area contributed by atoms with Crippen molar-refractivity contribution in [2.45, 2.75) is 95.0 Å². The summed E-state index contributed by atoms with van der Waals surface area (Å²) >= 11 is 5.35. The zero-order chi connectivity index (χ0) is 30.8. The Balaban J connectivity index is 0.000000298. The molecule has 1 aliphatic carbocycles. The Kier molecular flexibility index (Phi) is 14.2. The fourth-order valence-corrected chi connectivity index (χ4v) is 12.4. The van der Waals surface area contributed by atoms with Crippen molar-refractivity contribution in [1.29, 1.82) is 0 Å². The van der Waals surface area contributed by atoms with Gasteiger partial charge in [0.05, 0.1) is 22.6 Å². The van der Waals surface area contributed by atoms with Gasteiger partial charge in [0.15, 0.2) is 0 Å². The molecule has 2 atom stereocenters. The fourth-order valence-electron chi connectivity index (χ4n) is 6.03. The third-order valence-corrected chi connectivity index (χ3v) is 13.7. The van der Waals surface area contributed by atoms with Gasteiger partial charge in [0.2, 0.25) is 0 Å². The monoisotopic (exact) mass is 745 g/mol. The molecule has 226 valence electrons. The van der Waals surface area contributed by atoms with Crippen LogP contribution in [0.4, 0.5) is 0 Å². The SMILES string of the molecule is CC(C)(C)[PH+](C1[C@H](c2ccccc2)[C@H]1c1ccccc1)C(C)(C)C.C[Si](C)(C)CCOC(=O)c1cc[c-]cc1.[Br][Pd+]. The third kappa shape index (κ3) is 11.5. The molecule has 0 radical (unpaired) electrons. The fraction of sp³-hybridized carbons (Fsp3) is 0.457. The van der Waals surface area contributed by atoms with Crippen molar-refractivity contribution in [2.75, 3.05) is 6.61 Å². The zero-order valence-electron chi connectivity index (χ0n) is 26.2. The second kappa shape index (κ2) is 16.1. The molecule has 0 heterocycles. The second-order valence-electron chi connectivity index (χ2n) is 14.0. The summed E-state index contributed by atoms with van der Waals surface area (Å²) in [6, 6.07) is 33.2. The molecule has 1 saturated carbocycles. The maximum absolute atomic E-state index is 11.5. The number of benzene rings is 3. The Hall–Kier alpha value is -1.08. The van der Waals surface area contributed by atoms with Crippen LogP contribution < -0.4 is 0 Å². The van der Waals surface area contributed by atoms with Crippen LogP contribution in [0, 0.1) is 6.07 Å². The van der Waals surface area contributed by atoms with Crippen molar-refractivity contribution in [2.24, 2.45) is 0 Å². The summed E-state index contributed by atoms with van der Waals surface area (Å²) in [6.07, 6.45) is 0. The Morgan fingerprint density at radius 1 is 0.805 bits per heavy atom. The average Bonchev–Trinajstić information content (AvgIpc) is 3.63. The first-order valence-electron chi connectivity index (χ1n) is 14.4. The molecule has 0 aliphatic heterocycles. The first-order chi connectivity index (χ1) is 19.2. The summed E-state index contributed by atoms with van der Waals surface area (Å²) in [5.74, 6) is 1.16. The second-order valence-corrected chi connectivity index (χ2v) is 24.2. The molecule has 0 unspecified atom stereocenters. The topological polar surface area (TPSA) is 26.3 Å². The van der Waals surface area contributed by atoms with Gasteiger partial charge in [0.25, 0.3) is 0 Å². The first-order valence-corrected chi connectivity index (χ1v) is 23.3. The van der Waals surface area contributed by atoms with E-state index in [1.54, 1.807) is 24.3 Å². The Morgan fingerprint density at radius 2 is 1.22 bits per heavy atom. The van der Waals surface area contributed by atoms with E-state index >= 15 is 0 Å². The summed E-state index contributed by atoms with van der Waals surface area (Å²) in [6.45, 7) is 22.1. The number of esters is 1. The van der Waals surface area contributed by atoms with Crippen LogP contribution in [0.15, 0.2) is 84.9 Å². The first kappa shape index (κ1) is 36.1. The molecule has 0 aromatic heterocycles. The molecule has 4 rings (SSSR count). The summed E-state index contributed by atoms with van der Waals surface area (Å²) in [5, 5.41) is 0.814. The maximum atomic E-state index is 11.5. The number of hydrogen-bond donors (Lipinski definition) is 0. The number of rotatable bonds is 7. The molecule has 0 spiro atoms. The molecular weight excluding hydrogens is 698 g/mol. The van der Waals surface area contributed by atoms with Crippen molar-refractivity contribution in [1.82, 2.24) is 0 Å². The van der Waals surface area contributed by atoms with Gasteiger partial charge < -0.3 is 4.74 Å². The number of carbonyl (C=O) groups excluding carboxylic acids is 1. The van der Waals surface area contributed by atoms with E-state index in [0.717, 1.165) is 11.7 Å². The minimum absolute atomic E-state index is 0.234. The molecule has 6 heteroatoms. The molecule has 41 heavy (non-hydrogen) atoms. The van der Waals surface area contributed by atoms with Gasteiger partial charge in [-0.25, -0.2) is 4.79 Å². The van der Waals surface area contributed by atoms with Crippen LogP contribution in [-0.2, 0) is 21.9 Å². The molecule has 2 nitrogen and oxygen atoms in total. The average molecular weight is 747 g/mol. The van der Waals surface area contributed by atoms with Crippen LogP contribution in [0.5, 0.6) is 0 Å². The van der Waals surface area contributed by atoms with Crippen LogP contribution >= 0.6 is 21.4 Å². The molecule has 0 amide bonds. The van der Waals surface area contributed by atoms with Crippen LogP contribution in [0.25, 0.3) is 0 Å². The molecule has 0 N–H and O–H groups in total. The van der Waals surface area contributed by atoms with E-state index in [0.29, 0.717) is 34.3 Å². The Bertz CT molecular complexity index is 1110. The van der Waals surface area contributed by atoms with Gasteiger partial charge in [-0.1, -0.05) is 80.3 Å². The van der Waals surface area contributed by atoms with E-state index in [9.17, 15) is 4.79 Å². The number of halogens is 1. The van der Waals surface area contributed by atoms with Gasteiger partial charge in [-0.3, -0.25) is 0 Å². The van der Waals surface area contributed by atoms with Crippen molar-refractivity contribution in [3.63, 3.8) is 0 Å². The van der Waals surface area contributed by atoms with E-state index in [2.05, 4.69) is 159 Å². The minimum atomic E-state index is -1.11. The van der Waals surface area contributed by atoms with E-state index < -0.39 is 16.0 Å². The number of carbonyl (C=O) groups is 1. The van der Waals surface area contributed by atoms with Gasteiger partial charge >= 0.3 is 36.6 Å². The summed E-state index contributed by atoms with van der Waals surface area (Å²) in [7, 11) is -1.68. The summed E-state index contributed by atoms with van der Waals surface area (Å²) in [4.78, 5) is 11.5. The molecule has 1 aliphatic rings. The van der Waals surface area contributed by atoms with Crippen molar-refractivity contribution >= 4 is 35.4 Å². The van der Waals surface area contributed by atoms with Gasteiger partial charge in [-0.05, 0) is 64.3 Å². The number of ether oxygens (including phenoxy) is 1. The number of hydrogen-bond acceptors (Lipinski definition) is 2. The predicted octanol–water partition coefficient (Wildman–Crippen LogP) is 10.6. The van der Waals surface area contributed by atoms with Crippen molar-refractivity contribution in [3.05, 3.63) is 108 Å². The van der Waals surface area contributed by atoms with E-state index in [4.69, 9.17) is 4.74 Å². The van der Waals surface area contributed by atoms with E-state index in [-0.39, 0.29) is 5.97 Å². The quantitative estimate of drug-likeness (QED) is 0.104. The summed E-state index contributed by atoms with van der Waals surface area (Å²) in [5.41, 5.74) is 4.49. The van der Waals surface area contributed by atoms with Crippen LogP contribution in [0.1, 0.15) is 74.9 Å². The summed E-state index contributed by atoms with van der Waals surface area (Å²) < 4.78 is 5.19. The normalized spacial score (nSPS) is 18.4. The van der Waals surface area contributed by atoms with Gasteiger partial charge in [-0.2, -0.15) is 30.3 Å². The van der Waals surface area contributed by atoms with Crippen LogP contribution in [0.3, 0.4) is 0 Å². The molecule has 0 saturated heterocycles. The van der Waals surface area contributed by atoms with Crippen molar-refractivity contribution in [3.8, 4) is 0 Å². The molecular formula is C35H49BrO2PPdSi+. The van der Waals surface area contributed by atoms with Crippen molar-refractivity contribution < 1.29 is 26.7 Å². The Labute approximate surface area is 269 Å². The molecule has 0 bridgehead atoms. The third-order valence-electron chi connectivity index (χ3n) is 7.38. The molecule has 1 fully saturated rings. The van der Waals surface area contributed by atoms with Gasteiger partial charge in [0, 0.05) is 27.8 Å². The van der Waals surface area contributed by atoms with E-state index in [1.807, 2.05) is 0 Å². The van der Waals surface area contributed by atoms with E-state index in [1.165, 1.54) is 11.1 Å². The van der Waals surface area contributed by atoms with Crippen LogP contribution in [0.2, 0.25) is 25.7 Å². The zero-order valence-corrected chi connectivity index (χ0v) is 31.4. The van der Waals surface area contributed by atoms with Crippen LogP contribution in [-0.4, -0.2) is 36.6 Å². The Morgan fingerprint density at radius 3 is 1.59 bits per heavy atom. The van der Waals surface area contributed by atoms with Gasteiger partial charge in [0.1, 0.15) is 0 Å². The van der Waals surface area contributed by atoms with Gasteiger partial charge in [-0.15, -0.1) is 0 Å².